The number of hydrogen-bond donors (Lipinski definition) is 2. The van der Waals surface area contributed by atoms with Crippen LogP contribution in [0.25, 0.3) is 0 Å². The highest BCUT2D eigenvalue weighted by molar-refractivity contribution is 5.77. The Labute approximate surface area is 124 Å². The Balaban J connectivity index is 1.46. The van der Waals surface area contributed by atoms with Crippen molar-refractivity contribution in [2.45, 2.75) is 19.4 Å². The number of hydrogen-bond acceptors (Lipinski definition) is 4. The third kappa shape index (κ3) is 4.07. The third-order valence-corrected chi connectivity index (χ3v) is 3.35. The predicted molar refractivity (Wildman–Crippen MR) is 81.7 cm³/mol. The van der Waals surface area contributed by atoms with E-state index in [1.165, 1.54) is 0 Å². The fourth-order valence-electron chi connectivity index (χ4n) is 1.96. The van der Waals surface area contributed by atoms with Gasteiger partial charge in [0.1, 0.15) is 5.75 Å². The Morgan fingerprint density at radius 2 is 1.76 bits per heavy atom. The van der Waals surface area contributed by atoms with E-state index >= 15 is 0 Å². The molecular formula is C17H18N2O2. The minimum atomic E-state index is -0.105. The van der Waals surface area contributed by atoms with Gasteiger partial charge in [-0.15, -0.1) is 0 Å². The van der Waals surface area contributed by atoms with Crippen LogP contribution in [0.3, 0.4) is 0 Å². The molecule has 1 aliphatic carbocycles. The summed E-state index contributed by atoms with van der Waals surface area (Å²) in [4.78, 5) is 11.5. The molecule has 0 bridgehead atoms. The number of anilines is 1. The van der Waals surface area contributed by atoms with Crippen LogP contribution in [0.15, 0.2) is 54.6 Å². The van der Waals surface area contributed by atoms with Crippen molar-refractivity contribution >= 4 is 11.7 Å². The summed E-state index contributed by atoms with van der Waals surface area (Å²) in [6.45, 7) is 0.686. The Kier molecular flexibility index (Phi) is 4.17. The first kappa shape index (κ1) is 13.6. The summed E-state index contributed by atoms with van der Waals surface area (Å²) >= 11 is 0. The second-order valence-corrected chi connectivity index (χ2v) is 5.18. The number of esters is 1. The van der Waals surface area contributed by atoms with Gasteiger partial charge in [0.05, 0.1) is 5.92 Å². The number of hydrazine groups is 1. The van der Waals surface area contributed by atoms with Crippen LogP contribution in [-0.4, -0.2) is 5.97 Å². The van der Waals surface area contributed by atoms with E-state index in [1.807, 2.05) is 54.6 Å². The van der Waals surface area contributed by atoms with E-state index < -0.39 is 0 Å². The van der Waals surface area contributed by atoms with Crippen LogP contribution in [0.5, 0.6) is 5.75 Å². The number of para-hydroxylation sites is 1. The molecule has 0 spiro atoms. The zero-order valence-electron chi connectivity index (χ0n) is 11.7. The number of benzene rings is 2. The van der Waals surface area contributed by atoms with Crippen molar-refractivity contribution in [3.63, 3.8) is 0 Å². The molecule has 0 aromatic heterocycles. The Bertz CT molecular complexity index is 592. The lowest BCUT2D eigenvalue weighted by atomic mass is 10.2. The molecule has 3 rings (SSSR count). The van der Waals surface area contributed by atoms with E-state index in [0.29, 0.717) is 12.3 Å². The molecule has 108 valence electrons. The van der Waals surface area contributed by atoms with Gasteiger partial charge < -0.3 is 10.2 Å². The highest BCUT2D eigenvalue weighted by Crippen LogP contribution is 2.30. The quantitative estimate of drug-likeness (QED) is 0.485. The molecule has 1 aliphatic rings. The van der Waals surface area contributed by atoms with Gasteiger partial charge in [-0.3, -0.25) is 4.79 Å². The van der Waals surface area contributed by atoms with E-state index in [0.717, 1.165) is 24.1 Å². The lowest BCUT2D eigenvalue weighted by Gasteiger charge is -2.09. The first-order chi connectivity index (χ1) is 10.3. The Morgan fingerprint density at radius 3 is 2.43 bits per heavy atom. The van der Waals surface area contributed by atoms with Crippen LogP contribution in [0.1, 0.15) is 18.4 Å². The summed E-state index contributed by atoms with van der Waals surface area (Å²) in [7, 11) is 0. The summed E-state index contributed by atoms with van der Waals surface area (Å²) in [6.07, 6.45) is 1.93. The minimum absolute atomic E-state index is 0.105. The molecule has 2 aromatic rings. The van der Waals surface area contributed by atoms with Crippen molar-refractivity contribution in [3.8, 4) is 5.75 Å². The van der Waals surface area contributed by atoms with Gasteiger partial charge in [0.2, 0.25) is 0 Å². The van der Waals surface area contributed by atoms with Gasteiger partial charge in [-0.25, -0.2) is 5.43 Å². The predicted octanol–water partition coefficient (Wildman–Crippen LogP) is 3.12. The van der Waals surface area contributed by atoms with Gasteiger partial charge in [0.15, 0.2) is 0 Å². The lowest BCUT2D eigenvalue weighted by molar-refractivity contribution is -0.135. The number of ether oxygens (including phenoxy) is 1. The summed E-state index contributed by atoms with van der Waals surface area (Å²) in [5.41, 5.74) is 8.41. The molecule has 1 fully saturated rings. The molecule has 4 heteroatoms. The summed E-state index contributed by atoms with van der Waals surface area (Å²) in [5, 5.41) is 0. The molecule has 0 amide bonds. The highest BCUT2D eigenvalue weighted by atomic mass is 16.5. The van der Waals surface area contributed by atoms with E-state index in [2.05, 4.69) is 10.9 Å². The second kappa shape index (κ2) is 6.41. The van der Waals surface area contributed by atoms with Crippen molar-refractivity contribution in [1.82, 2.24) is 5.43 Å². The van der Waals surface area contributed by atoms with E-state index in [1.54, 1.807) is 0 Å². The van der Waals surface area contributed by atoms with Gasteiger partial charge in [-0.1, -0.05) is 30.3 Å². The summed E-state index contributed by atoms with van der Waals surface area (Å²) < 4.78 is 5.29. The van der Waals surface area contributed by atoms with Crippen LogP contribution in [0.2, 0.25) is 0 Å². The topological polar surface area (TPSA) is 50.4 Å². The lowest BCUT2D eigenvalue weighted by Crippen LogP contribution is -2.20. The van der Waals surface area contributed by atoms with Gasteiger partial charge >= 0.3 is 5.97 Å². The molecule has 0 saturated heterocycles. The van der Waals surface area contributed by atoms with Crippen LogP contribution in [0.4, 0.5) is 5.69 Å². The SMILES string of the molecule is O=C(Oc1ccc(CNNc2ccccc2)cc1)C1CC1. The summed E-state index contributed by atoms with van der Waals surface area (Å²) in [6, 6.07) is 17.5. The molecule has 2 aromatic carbocycles. The normalized spacial score (nSPS) is 13.7. The van der Waals surface area contributed by atoms with Crippen molar-refractivity contribution in [2.75, 3.05) is 5.43 Å². The van der Waals surface area contributed by atoms with Gasteiger partial charge in [0.25, 0.3) is 0 Å². The largest absolute Gasteiger partial charge is 0.426 e. The van der Waals surface area contributed by atoms with Crippen LogP contribution in [0, 0.1) is 5.92 Å². The van der Waals surface area contributed by atoms with Crippen molar-refractivity contribution in [2.24, 2.45) is 5.92 Å². The molecule has 2 N–H and O–H groups in total. The average Bonchev–Trinajstić information content (AvgIpc) is 3.35. The number of carbonyl (C=O) groups is 1. The number of carbonyl (C=O) groups excluding carboxylic acids is 1. The third-order valence-electron chi connectivity index (χ3n) is 3.35. The maximum Gasteiger partial charge on any atom is 0.314 e. The van der Waals surface area contributed by atoms with Crippen LogP contribution < -0.4 is 15.6 Å². The van der Waals surface area contributed by atoms with Crippen molar-refractivity contribution in [1.29, 1.82) is 0 Å². The summed E-state index contributed by atoms with van der Waals surface area (Å²) in [5.74, 6) is 0.639. The maximum atomic E-state index is 11.5. The molecule has 21 heavy (non-hydrogen) atoms. The van der Waals surface area contributed by atoms with Crippen molar-refractivity contribution in [3.05, 3.63) is 60.2 Å². The molecule has 0 radical (unpaired) electrons. The standard InChI is InChI=1S/C17H18N2O2/c20-17(14-8-9-14)21-16-10-6-13(7-11-16)12-18-19-15-4-2-1-3-5-15/h1-7,10-11,14,18-19H,8-9,12H2. The smallest absolute Gasteiger partial charge is 0.314 e. The molecule has 1 saturated carbocycles. The fraction of sp³-hybridized carbons (Fsp3) is 0.235. The first-order valence-corrected chi connectivity index (χ1v) is 7.16. The van der Waals surface area contributed by atoms with Crippen molar-refractivity contribution < 1.29 is 9.53 Å². The molecule has 0 aliphatic heterocycles. The molecule has 0 unspecified atom stereocenters. The maximum absolute atomic E-state index is 11.5. The zero-order chi connectivity index (χ0) is 14.5. The highest BCUT2D eigenvalue weighted by Gasteiger charge is 2.31. The van der Waals surface area contributed by atoms with E-state index in [9.17, 15) is 4.79 Å². The average molecular weight is 282 g/mol. The van der Waals surface area contributed by atoms with Gasteiger partial charge in [0, 0.05) is 12.2 Å². The molecule has 0 heterocycles. The van der Waals surface area contributed by atoms with E-state index in [-0.39, 0.29) is 11.9 Å². The number of nitrogens with one attached hydrogen (secondary N) is 2. The Hall–Kier alpha value is -2.33. The Morgan fingerprint density at radius 1 is 1.05 bits per heavy atom. The minimum Gasteiger partial charge on any atom is -0.426 e. The molecular weight excluding hydrogens is 264 g/mol. The fourth-order valence-corrected chi connectivity index (χ4v) is 1.96. The zero-order valence-corrected chi connectivity index (χ0v) is 11.7. The second-order valence-electron chi connectivity index (χ2n) is 5.18. The molecule has 4 nitrogen and oxygen atoms in total. The van der Waals surface area contributed by atoms with Crippen LogP contribution >= 0.6 is 0 Å². The molecule has 0 atom stereocenters. The van der Waals surface area contributed by atoms with Gasteiger partial charge in [-0.05, 0) is 42.7 Å². The van der Waals surface area contributed by atoms with Crippen LogP contribution in [-0.2, 0) is 11.3 Å². The first-order valence-electron chi connectivity index (χ1n) is 7.16. The van der Waals surface area contributed by atoms with Gasteiger partial charge in [-0.2, -0.15) is 0 Å². The monoisotopic (exact) mass is 282 g/mol. The number of rotatable bonds is 6. The van der Waals surface area contributed by atoms with E-state index in [4.69, 9.17) is 4.74 Å².